The van der Waals surface area contributed by atoms with E-state index in [2.05, 4.69) is 14.7 Å². The average molecular weight is 396 g/mol. The zero-order valence-corrected chi connectivity index (χ0v) is 16.6. The molecule has 7 nitrogen and oxygen atoms in total. The molecule has 0 aliphatic carbocycles. The van der Waals surface area contributed by atoms with Gasteiger partial charge >= 0.3 is 0 Å². The Balaban J connectivity index is 1.22. The van der Waals surface area contributed by atoms with Gasteiger partial charge in [0.2, 0.25) is 5.91 Å². The fraction of sp³-hybridized carbons (Fsp3) is 0.409. The van der Waals surface area contributed by atoms with Crippen LogP contribution in [0, 0.1) is 0 Å². The number of hydrogen-bond donors (Lipinski definition) is 2. The molecule has 0 aromatic heterocycles. The minimum atomic E-state index is 0.202. The molecule has 2 aliphatic rings. The van der Waals surface area contributed by atoms with Crippen molar-refractivity contribution in [2.24, 2.45) is 0 Å². The highest BCUT2D eigenvalue weighted by atomic mass is 16.3. The smallest absolute Gasteiger partial charge is 0.236 e. The Morgan fingerprint density at radius 2 is 1.07 bits per heavy atom. The predicted octanol–water partition coefficient (Wildman–Crippen LogP) is 1.57. The molecule has 0 spiro atoms. The van der Waals surface area contributed by atoms with E-state index in [0.717, 1.165) is 63.7 Å². The minimum Gasteiger partial charge on any atom is -0.508 e. The summed E-state index contributed by atoms with van der Waals surface area (Å²) >= 11 is 0. The standard InChI is InChI=1S/C22H28N4O3/c27-20-5-1-18(2-6-20)24-11-9-23(10-12-24)17-22(29)26-15-13-25(14-16-26)19-3-7-21(28)8-4-19/h1-8,27-28H,9-17H2. The number of nitrogens with zero attached hydrogens (tertiary/aromatic N) is 4. The molecule has 2 saturated heterocycles. The van der Waals surface area contributed by atoms with E-state index in [4.69, 9.17) is 0 Å². The molecule has 2 aromatic carbocycles. The minimum absolute atomic E-state index is 0.202. The van der Waals surface area contributed by atoms with E-state index in [-0.39, 0.29) is 17.4 Å². The molecule has 7 heteroatoms. The molecule has 0 radical (unpaired) electrons. The molecule has 1 amide bonds. The van der Waals surface area contributed by atoms with Crippen LogP contribution in [-0.4, -0.2) is 84.8 Å². The molecule has 2 aromatic rings. The zero-order chi connectivity index (χ0) is 20.2. The molecule has 0 saturated carbocycles. The second kappa shape index (κ2) is 8.61. The maximum atomic E-state index is 12.7. The Bertz CT molecular complexity index is 809. The van der Waals surface area contributed by atoms with Crippen molar-refractivity contribution < 1.29 is 15.0 Å². The highest BCUT2D eigenvalue weighted by Gasteiger charge is 2.25. The summed E-state index contributed by atoms with van der Waals surface area (Å²) in [6.07, 6.45) is 0. The number of hydrogen-bond acceptors (Lipinski definition) is 6. The summed E-state index contributed by atoms with van der Waals surface area (Å²) in [5.74, 6) is 0.755. The van der Waals surface area contributed by atoms with Crippen molar-refractivity contribution in [1.29, 1.82) is 0 Å². The van der Waals surface area contributed by atoms with E-state index < -0.39 is 0 Å². The van der Waals surface area contributed by atoms with Crippen LogP contribution in [0.2, 0.25) is 0 Å². The van der Waals surface area contributed by atoms with Gasteiger partial charge in [-0.15, -0.1) is 0 Å². The lowest BCUT2D eigenvalue weighted by molar-refractivity contribution is -0.132. The molecule has 0 atom stereocenters. The number of piperazine rings is 2. The summed E-state index contributed by atoms with van der Waals surface area (Å²) in [4.78, 5) is 21.5. The second-order valence-electron chi connectivity index (χ2n) is 7.66. The summed E-state index contributed by atoms with van der Waals surface area (Å²) in [7, 11) is 0. The number of amides is 1. The van der Waals surface area contributed by atoms with Crippen LogP contribution in [0.15, 0.2) is 48.5 Å². The predicted molar refractivity (Wildman–Crippen MR) is 114 cm³/mol. The van der Waals surface area contributed by atoms with E-state index in [1.165, 1.54) is 0 Å². The van der Waals surface area contributed by atoms with E-state index in [1.807, 2.05) is 29.2 Å². The first-order chi connectivity index (χ1) is 14.1. The highest BCUT2D eigenvalue weighted by molar-refractivity contribution is 5.78. The summed E-state index contributed by atoms with van der Waals surface area (Å²) in [6.45, 7) is 7.04. The topological polar surface area (TPSA) is 70.5 Å². The molecule has 0 bridgehead atoms. The fourth-order valence-corrected chi connectivity index (χ4v) is 4.00. The highest BCUT2D eigenvalue weighted by Crippen LogP contribution is 2.21. The Hall–Kier alpha value is -2.93. The summed E-state index contributed by atoms with van der Waals surface area (Å²) in [5.41, 5.74) is 2.19. The van der Waals surface area contributed by atoms with Crippen LogP contribution in [0.4, 0.5) is 11.4 Å². The van der Waals surface area contributed by atoms with Crippen LogP contribution >= 0.6 is 0 Å². The van der Waals surface area contributed by atoms with E-state index in [1.54, 1.807) is 24.3 Å². The number of aromatic hydroxyl groups is 2. The average Bonchev–Trinajstić information content (AvgIpc) is 2.76. The first-order valence-electron chi connectivity index (χ1n) is 10.2. The summed E-state index contributed by atoms with van der Waals surface area (Å²) < 4.78 is 0. The van der Waals surface area contributed by atoms with Gasteiger partial charge in [-0.25, -0.2) is 0 Å². The van der Waals surface area contributed by atoms with Crippen molar-refractivity contribution in [1.82, 2.24) is 9.80 Å². The number of phenolic OH excluding ortho intramolecular Hbond substituents is 2. The molecule has 4 rings (SSSR count). The van der Waals surface area contributed by atoms with Gasteiger partial charge in [-0.2, -0.15) is 0 Å². The third-order valence-corrected chi connectivity index (χ3v) is 5.79. The summed E-state index contributed by atoms with van der Waals surface area (Å²) in [6, 6.07) is 14.5. The van der Waals surface area contributed by atoms with Gasteiger partial charge in [-0.05, 0) is 48.5 Å². The van der Waals surface area contributed by atoms with Crippen molar-refractivity contribution in [3.05, 3.63) is 48.5 Å². The second-order valence-corrected chi connectivity index (χ2v) is 7.66. The number of phenols is 2. The molecule has 2 aliphatic heterocycles. The quantitative estimate of drug-likeness (QED) is 0.818. The molecular formula is C22H28N4O3. The molecule has 154 valence electrons. The monoisotopic (exact) mass is 396 g/mol. The van der Waals surface area contributed by atoms with Gasteiger partial charge < -0.3 is 24.9 Å². The lowest BCUT2D eigenvalue weighted by Gasteiger charge is -2.39. The number of benzene rings is 2. The Morgan fingerprint density at radius 1 is 0.655 bits per heavy atom. The fourth-order valence-electron chi connectivity index (χ4n) is 4.00. The molecular weight excluding hydrogens is 368 g/mol. The molecule has 29 heavy (non-hydrogen) atoms. The molecule has 0 unspecified atom stereocenters. The van der Waals surface area contributed by atoms with Gasteiger partial charge in [-0.1, -0.05) is 0 Å². The third kappa shape index (κ3) is 4.74. The van der Waals surface area contributed by atoms with Crippen LogP contribution < -0.4 is 9.80 Å². The van der Waals surface area contributed by atoms with Crippen LogP contribution in [0.25, 0.3) is 0 Å². The first kappa shape index (κ1) is 19.4. The van der Waals surface area contributed by atoms with Gasteiger partial charge in [0, 0.05) is 63.7 Å². The van der Waals surface area contributed by atoms with E-state index in [0.29, 0.717) is 6.54 Å². The van der Waals surface area contributed by atoms with Crippen molar-refractivity contribution in [2.45, 2.75) is 0 Å². The lowest BCUT2D eigenvalue weighted by atomic mass is 10.2. The molecule has 2 heterocycles. The normalized spacial score (nSPS) is 18.1. The largest absolute Gasteiger partial charge is 0.508 e. The van der Waals surface area contributed by atoms with Crippen molar-refractivity contribution in [3.63, 3.8) is 0 Å². The van der Waals surface area contributed by atoms with Gasteiger partial charge in [-0.3, -0.25) is 9.69 Å². The first-order valence-corrected chi connectivity index (χ1v) is 10.2. The van der Waals surface area contributed by atoms with Crippen LogP contribution in [0.5, 0.6) is 11.5 Å². The third-order valence-electron chi connectivity index (χ3n) is 5.79. The SMILES string of the molecule is O=C(CN1CCN(c2ccc(O)cc2)CC1)N1CCN(c2ccc(O)cc2)CC1. The number of carbonyl (C=O) groups excluding carboxylic acids is 1. The number of anilines is 2. The van der Waals surface area contributed by atoms with Crippen LogP contribution in [0.1, 0.15) is 0 Å². The maximum absolute atomic E-state index is 12.7. The maximum Gasteiger partial charge on any atom is 0.236 e. The Kier molecular flexibility index (Phi) is 5.76. The summed E-state index contributed by atoms with van der Waals surface area (Å²) in [5, 5.41) is 18.9. The van der Waals surface area contributed by atoms with Crippen molar-refractivity contribution in [3.8, 4) is 11.5 Å². The van der Waals surface area contributed by atoms with Gasteiger partial charge in [0.25, 0.3) is 0 Å². The van der Waals surface area contributed by atoms with Crippen LogP contribution in [-0.2, 0) is 4.79 Å². The molecule has 2 N–H and O–H groups in total. The number of carbonyl (C=O) groups is 1. The molecule has 2 fully saturated rings. The van der Waals surface area contributed by atoms with Gasteiger partial charge in [0.1, 0.15) is 11.5 Å². The van der Waals surface area contributed by atoms with Crippen molar-refractivity contribution >= 4 is 17.3 Å². The van der Waals surface area contributed by atoms with Crippen LogP contribution in [0.3, 0.4) is 0 Å². The zero-order valence-electron chi connectivity index (χ0n) is 16.6. The Labute approximate surface area is 171 Å². The Morgan fingerprint density at radius 3 is 1.52 bits per heavy atom. The van der Waals surface area contributed by atoms with E-state index in [9.17, 15) is 15.0 Å². The van der Waals surface area contributed by atoms with Gasteiger partial charge in [0.15, 0.2) is 0 Å². The number of rotatable bonds is 4. The van der Waals surface area contributed by atoms with Crippen molar-refractivity contribution in [2.75, 3.05) is 68.7 Å². The van der Waals surface area contributed by atoms with E-state index >= 15 is 0 Å². The van der Waals surface area contributed by atoms with Gasteiger partial charge in [0.05, 0.1) is 6.54 Å². The lowest BCUT2D eigenvalue weighted by Crippen LogP contribution is -2.54.